The standard InChI is InChI=1S/C15H11N7O4/c1-24-15(23)14-13(17)8(4-16)5-21(14)9-2-11-12(26-7-25-11)3-10(9)22-6-18-19-20-22/h2-3,5-6H,7,17H2,1H3. The van der Waals surface area contributed by atoms with E-state index in [1.54, 1.807) is 12.1 Å². The summed E-state index contributed by atoms with van der Waals surface area (Å²) in [6.45, 7) is 0.0644. The van der Waals surface area contributed by atoms with E-state index in [0.29, 0.717) is 22.9 Å². The molecule has 0 unspecified atom stereocenters. The number of carbonyl (C=O) groups excluding carboxylic acids is 1. The van der Waals surface area contributed by atoms with Crippen molar-refractivity contribution in [2.75, 3.05) is 19.6 Å². The molecule has 1 aliphatic rings. The number of ether oxygens (including phenoxy) is 3. The van der Waals surface area contributed by atoms with E-state index in [1.165, 1.54) is 28.9 Å². The Kier molecular flexibility index (Phi) is 3.44. The topological polar surface area (TPSA) is 143 Å². The number of nitriles is 1. The molecule has 0 amide bonds. The SMILES string of the molecule is COC(=O)c1c(N)c(C#N)cn1-c1cc2c(cc1-n1cnnn1)OCO2. The van der Waals surface area contributed by atoms with Crippen LogP contribution in [0.15, 0.2) is 24.7 Å². The third kappa shape index (κ3) is 2.20. The predicted octanol–water partition coefficient (Wildman–Crippen LogP) is 0.422. The average molecular weight is 353 g/mol. The Balaban J connectivity index is 2.02. The molecular formula is C15H11N7O4. The Hall–Kier alpha value is -4.07. The summed E-state index contributed by atoms with van der Waals surface area (Å²) in [5.74, 6) is 0.280. The number of anilines is 1. The molecule has 4 rings (SSSR count). The zero-order chi connectivity index (χ0) is 18.3. The maximum Gasteiger partial charge on any atom is 0.357 e. The van der Waals surface area contributed by atoms with Crippen molar-refractivity contribution in [2.24, 2.45) is 0 Å². The second-order valence-electron chi connectivity index (χ2n) is 5.23. The van der Waals surface area contributed by atoms with Gasteiger partial charge in [0, 0.05) is 18.3 Å². The number of methoxy groups -OCH3 is 1. The Morgan fingerprint density at radius 1 is 1.35 bits per heavy atom. The minimum atomic E-state index is -0.690. The minimum absolute atomic E-state index is 0.0113. The molecule has 0 bridgehead atoms. The number of rotatable bonds is 3. The lowest BCUT2D eigenvalue weighted by atomic mass is 10.2. The van der Waals surface area contributed by atoms with Gasteiger partial charge in [0.2, 0.25) is 6.79 Å². The summed E-state index contributed by atoms with van der Waals surface area (Å²) in [7, 11) is 1.23. The number of carbonyl (C=O) groups is 1. The van der Waals surface area contributed by atoms with Crippen LogP contribution in [0.3, 0.4) is 0 Å². The maximum absolute atomic E-state index is 12.3. The number of esters is 1. The van der Waals surface area contributed by atoms with Crippen molar-refractivity contribution in [3.05, 3.63) is 35.9 Å². The van der Waals surface area contributed by atoms with Gasteiger partial charge >= 0.3 is 5.97 Å². The van der Waals surface area contributed by atoms with Crippen LogP contribution in [0.5, 0.6) is 11.5 Å². The first-order chi connectivity index (χ1) is 12.6. The number of hydrogen-bond donors (Lipinski definition) is 1. The minimum Gasteiger partial charge on any atom is -0.464 e. The highest BCUT2D eigenvalue weighted by Gasteiger charge is 2.26. The Bertz CT molecular complexity index is 1050. The first-order valence-corrected chi connectivity index (χ1v) is 7.30. The van der Waals surface area contributed by atoms with Gasteiger partial charge in [0.15, 0.2) is 17.2 Å². The van der Waals surface area contributed by atoms with E-state index < -0.39 is 5.97 Å². The third-order valence-electron chi connectivity index (χ3n) is 3.87. The molecular weight excluding hydrogens is 342 g/mol. The number of fused-ring (bicyclic) bond motifs is 1. The first-order valence-electron chi connectivity index (χ1n) is 7.30. The zero-order valence-corrected chi connectivity index (χ0v) is 13.4. The molecule has 0 fully saturated rings. The van der Waals surface area contributed by atoms with Crippen molar-refractivity contribution in [3.8, 4) is 28.9 Å². The molecule has 0 atom stereocenters. The summed E-state index contributed by atoms with van der Waals surface area (Å²) < 4.78 is 18.4. The molecule has 0 saturated carbocycles. The van der Waals surface area contributed by atoms with Crippen LogP contribution in [-0.4, -0.2) is 44.6 Å². The van der Waals surface area contributed by atoms with Crippen LogP contribution in [0.25, 0.3) is 11.4 Å². The van der Waals surface area contributed by atoms with Crippen molar-refractivity contribution in [3.63, 3.8) is 0 Å². The second kappa shape index (κ2) is 5.78. The van der Waals surface area contributed by atoms with E-state index in [1.807, 2.05) is 6.07 Å². The first kappa shape index (κ1) is 15.5. The van der Waals surface area contributed by atoms with Crippen LogP contribution in [0, 0.1) is 11.3 Å². The van der Waals surface area contributed by atoms with Gasteiger partial charge in [-0.25, -0.2) is 4.79 Å². The maximum atomic E-state index is 12.3. The monoisotopic (exact) mass is 353 g/mol. The molecule has 11 heteroatoms. The Morgan fingerprint density at radius 2 is 2.08 bits per heavy atom. The van der Waals surface area contributed by atoms with Crippen LogP contribution < -0.4 is 15.2 Å². The zero-order valence-electron chi connectivity index (χ0n) is 13.4. The molecule has 26 heavy (non-hydrogen) atoms. The molecule has 3 heterocycles. The van der Waals surface area contributed by atoms with Gasteiger partial charge in [0.1, 0.15) is 12.4 Å². The average Bonchev–Trinajstić information content (AvgIpc) is 3.39. The fourth-order valence-electron chi connectivity index (χ4n) is 2.67. The fraction of sp³-hybridized carbons (Fsp3) is 0.133. The summed E-state index contributed by atoms with van der Waals surface area (Å²) in [5.41, 5.74) is 7.06. The van der Waals surface area contributed by atoms with E-state index in [0.717, 1.165) is 0 Å². The third-order valence-corrected chi connectivity index (χ3v) is 3.87. The molecule has 1 aromatic carbocycles. The normalized spacial score (nSPS) is 12.0. The van der Waals surface area contributed by atoms with Crippen LogP contribution in [-0.2, 0) is 4.74 Å². The highest BCUT2D eigenvalue weighted by atomic mass is 16.7. The number of benzene rings is 1. The largest absolute Gasteiger partial charge is 0.464 e. The number of nitrogen functional groups attached to an aromatic ring is 1. The molecule has 2 N–H and O–H groups in total. The summed E-state index contributed by atoms with van der Waals surface area (Å²) >= 11 is 0. The number of tetrazole rings is 1. The molecule has 0 aliphatic carbocycles. The van der Waals surface area contributed by atoms with E-state index in [4.69, 9.17) is 19.9 Å². The van der Waals surface area contributed by atoms with Crippen molar-refractivity contribution < 1.29 is 19.0 Å². The van der Waals surface area contributed by atoms with Gasteiger partial charge < -0.3 is 24.5 Å². The molecule has 3 aromatic rings. The molecule has 1 aliphatic heterocycles. The van der Waals surface area contributed by atoms with Crippen molar-refractivity contribution in [2.45, 2.75) is 0 Å². The van der Waals surface area contributed by atoms with Gasteiger partial charge in [-0.05, 0) is 10.4 Å². The highest BCUT2D eigenvalue weighted by Crippen LogP contribution is 2.39. The lowest BCUT2D eigenvalue weighted by Gasteiger charge is -2.14. The van der Waals surface area contributed by atoms with Gasteiger partial charge in [-0.2, -0.15) is 9.94 Å². The number of nitrogens with zero attached hydrogens (tertiary/aromatic N) is 6. The van der Waals surface area contributed by atoms with E-state index in [-0.39, 0.29) is 23.7 Å². The van der Waals surface area contributed by atoms with Gasteiger partial charge in [0.25, 0.3) is 0 Å². The number of aromatic nitrogens is 5. The second-order valence-corrected chi connectivity index (χ2v) is 5.23. The molecule has 2 aromatic heterocycles. The van der Waals surface area contributed by atoms with Crippen molar-refractivity contribution in [1.29, 1.82) is 5.26 Å². The molecule has 130 valence electrons. The van der Waals surface area contributed by atoms with Crippen LogP contribution >= 0.6 is 0 Å². The van der Waals surface area contributed by atoms with Gasteiger partial charge in [0.05, 0.1) is 29.7 Å². The lowest BCUT2D eigenvalue weighted by molar-refractivity contribution is 0.0593. The van der Waals surface area contributed by atoms with Crippen LogP contribution in [0.1, 0.15) is 16.1 Å². The smallest absolute Gasteiger partial charge is 0.357 e. The molecule has 11 nitrogen and oxygen atoms in total. The van der Waals surface area contributed by atoms with Gasteiger partial charge in [-0.1, -0.05) is 0 Å². The van der Waals surface area contributed by atoms with Crippen LogP contribution in [0.4, 0.5) is 5.69 Å². The van der Waals surface area contributed by atoms with E-state index in [9.17, 15) is 10.1 Å². The van der Waals surface area contributed by atoms with E-state index >= 15 is 0 Å². The number of hydrogen-bond acceptors (Lipinski definition) is 9. The number of nitrogens with two attached hydrogens (primary N) is 1. The van der Waals surface area contributed by atoms with Gasteiger partial charge in [-0.3, -0.25) is 0 Å². The fourth-order valence-corrected chi connectivity index (χ4v) is 2.67. The predicted molar refractivity (Wildman–Crippen MR) is 85.1 cm³/mol. The van der Waals surface area contributed by atoms with E-state index in [2.05, 4.69) is 15.5 Å². The van der Waals surface area contributed by atoms with Crippen molar-refractivity contribution in [1.82, 2.24) is 24.8 Å². The summed E-state index contributed by atoms with van der Waals surface area (Å²) in [4.78, 5) is 12.3. The molecule has 0 radical (unpaired) electrons. The lowest BCUT2D eigenvalue weighted by Crippen LogP contribution is -2.13. The van der Waals surface area contributed by atoms with Gasteiger partial charge in [-0.15, -0.1) is 5.10 Å². The summed E-state index contributed by atoms with van der Waals surface area (Å²) in [5, 5.41) is 20.4. The summed E-state index contributed by atoms with van der Waals surface area (Å²) in [6.07, 6.45) is 2.82. The Labute approximate surface area is 146 Å². The van der Waals surface area contributed by atoms with Crippen molar-refractivity contribution >= 4 is 11.7 Å². The quantitative estimate of drug-likeness (QED) is 0.662. The Morgan fingerprint density at radius 3 is 2.69 bits per heavy atom. The highest BCUT2D eigenvalue weighted by molar-refractivity contribution is 5.96. The molecule has 0 spiro atoms. The van der Waals surface area contributed by atoms with Crippen LogP contribution in [0.2, 0.25) is 0 Å². The summed E-state index contributed by atoms with van der Waals surface area (Å²) in [6, 6.07) is 5.26. The molecule has 0 saturated heterocycles.